The van der Waals surface area contributed by atoms with E-state index in [1.807, 2.05) is 24.4 Å². The number of nitrogens with one attached hydrogen (secondary N) is 1. The lowest BCUT2D eigenvalue weighted by Gasteiger charge is -2.24. The van der Waals surface area contributed by atoms with Crippen LogP contribution >= 0.6 is 0 Å². The molecule has 2 bridgehead atoms. The maximum atomic E-state index is 13.5. The first-order chi connectivity index (χ1) is 16.7. The predicted molar refractivity (Wildman–Crippen MR) is 128 cm³/mol. The molecule has 0 unspecified atom stereocenters. The molecule has 0 aromatic carbocycles. The molecule has 0 radical (unpaired) electrons. The summed E-state index contributed by atoms with van der Waals surface area (Å²) in [7, 11) is 0. The number of carbonyl (C=O) groups is 1. The van der Waals surface area contributed by atoms with Crippen LogP contribution in [0.5, 0.6) is 5.75 Å². The zero-order valence-corrected chi connectivity index (χ0v) is 20.1. The summed E-state index contributed by atoms with van der Waals surface area (Å²) in [5.74, 6) is -0.0862. The van der Waals surface area contributed by atoms with Gasteiger partial charge in [-0.25, -0.2) is 9.37 Å². The fourth-order valence-corrected chi connectivity index (χ4v) is 5.54. The fourth-order valence-electron chi connectivity index (χ4n) is 5.54. The number of nitrogens with zero attached hydrogens (tertiary/aromatic N) is 3. The van der Waals surface area contributed by atoms with Crippen LogP contribution in [-0.4, -0.2) is 44.3 Å². The van der Waals surface area contributed by atoms with Crippen LogP contribution in [0, 0.1) is 0 Å². The Morgan fingerprint density at radius 3 is 2.77 bits per heavy atom. The van der Waals surface area contributed by atoms with Crippen LogP contribution in [0.15, 0.2) is 41.6 Å². The molecule has 2 saturated carbocycles. The molecule has 3 aliphatic rings. The molecule has 6 rings (SSSR count). The molecule has 3 aromatic heterocycles. The minimum absolute atomic E-state index is 0.0853. The molecule has 4 atom stereocenters. The third-order valence-corrected chi connectivity index (χ3v) is 7.51. The van der Waals surface area contributed by atoms with Gasteiger partial charge >= 0.3 is 0 Å². The minimum Gasteiger partial charge on any atom is -0.490 e. The Hall–Kier alpha value is -3.20. The van der Waals surface area contributed by atoms with E-state index >= 15 is 0 Å². The number of carbonyl (C=O) groups excluding carboxylic acids is 1. The lowest BCUT2D eigenvalue weighted by atomic mass is 9.84. The van der Waals surface area contributed by atoms with Gasteiger partial charge in [0.25, 0.3) is 11.5 Å². The van der Waals surface area contributed by atoms with Crippen LogP contribution in [0.1, 0.15) is 68.5 Å². The van der Waals surface area contributed by atoms with E-state index in [1.165, 1.54) is 10.6 Å². The minimum atomic E-state index is -1.02. The monoisotopic (exact) mass is 480 g/mol. The summed E-state index contributed by atoms with van der Waals surface area (Å²) in [6, 6.07) is 4.47. The molecule has 8 nitrogen and oxygen atoms in total. The summed E-state index contributed by atoms with van der Waals surface area (Å²) in [6.45, 7) is 6.58. The van der Waals surface area contributed by atoms with E-state index in [0.29, 0.717) is 24.4 Å². The molecule has 3 fully saturated rings. The Morgan fingerprint density at radius 1 is 1.34 bits per heavy atom. The Bertz CT molecular complexity index is 1390. The Morgan fingerprint density at radius 2 is 2.14 bits per heavy atom. The summed E-state index contributed by atoms with van der Waals surface area (Å²) in [4.78, 5) is 31.0. The summed E-state index contributed by atoms with van der Waals surface area (Å²) in [5.41, 5.74) is 1.43. The smallest absolute Gasteiger partial charge is 0.274 e. The highest BCUT2D eigenvalue weighted by Crippen LogP contribution is 2.53. The number of alkyl halides is 1. The number of imidazole rings is 1. The van der Waals surface area contributed by atoms with Crippen LogP contribution in [-0.2, 0) is 10.2 Å². The zero-order chi connectivity index (χ0) is 24.5. The topological polar surface area (TPSA) is 86.9 Å². The number of halogens is 1. The van der Waals surface area contributed by atoms with Gasteiger partial charge < -0.3 is 23.8 Å². The molecular weight excluding hydrogens is 451 g/mol. The predicted octanol–water partition coefficient (Wildman–Crippen LogP) is 4.03. The van der Waals surface area contributed by atoms with Gasteiger partial charge in [0.05, 0.1) is 35.6 Å². The van der Waals surface area contributed by atoms with Crippen molar-refractivity contribution in [2.45, 2.75) is 75.8 Å². The molecule has 1 N–H and O–H groups in total. The molecule has 2 aliphatic carbocycles. The second kappa shape index (κ2) is 7.65. The van der Waals surface area contributed by atoms with Gasteiger partial charge in [0, 0.05) is 36.5 Å². The van der Waals surface area contributed by atoms with Crippen molar-refractivity contribution in [2.24, 2.45) is 0 Å². The lowest BCUT2D eigenvalue weighted by Crippen LogP contribution is -2.26. The van der Waals surface area contributed by atoms with Gasteiger partial charge in [-0.05, 0) is 52.2 Å². The van der Waals surface area contributed by atoms with Gasteiger partial charge in [-0.1, -0.05) is 0 Å². The highest BCUT2D eigenvalue weighted by molar-refractivity contribution is 6.06. The summed E-state index contributed by atoms with van der Waals surface area (Å²) < 4.78 is 28.7. The van der Waals surface area contributed by atoms with Crippen LogP contribution in [0.4, 0.5) is 10.1 Å². The van der Waals surface area contributed by atoms with Crippen molar-refractivity contribution < 1.29 is 18.7 Å². The van der Waals surface area contributed by atoms with Gasteiger partial charge in [-0.15, -0.1) is 0 Å². The molecule has 3 aromatic rings. The molecular formula is C26H29FN4O4. The van der Waals surface area contributed by atoms with Crippen LogP contribution < -0.4 is 15.6 Å². The van der Waals surface area contributed by atoms with Crippen LogP contribution in [0.3, 0.4) is 0 Å². The van der Waals surface area contributed by atoms with Crippen molar-refractivity contribution in [1.29, 1.82) is 0 Å². The van der Waals surface area contributed by atoms with Crippen molar-refractivity contribution >= 4 is 17.2 Å². The van der Waals surface area contributed by atoms with E-state index in [4.69, 9.17) is 14.5 Å². The van der Waals surface area contributed by atoms with Crippen molar-refractivity contribution in [2.75, 3.05) is 11.9 Å². The summed E-state index contributed by atoms with van der Waals surface area (Å²) in [6.07, 6.45) is 7.31. The number of anilines is 1. The molecule has 0 spiro atoms. The second-order valence-electron chi connectivity index (χ2n) is 10.7. The van der Waals surface area contributed by atoms with Crippen LogP contribution in [0.25, 0.3) is 5.65 Å². The normalized spacial score (nSPS) is 29.2. The number of ether oxygens (including phenoxy) is 2. The van der Waals surface area contributed by atoms with Gasteiger partial charge in [-0.2, -0.15) is 0 Å². The van der Waals surface area contributed by atoms with Gasteiger partial charge in [-0.3, -0.25) is 9.59 Å². The first-order valence-electron chi connectivity index (χ1n) is 12.2. The average molecular weight is 481 g/mol. The molecule has 9 heteroatoms. The largest absolute Gasteiger partial charge is 0.490 e. The van der Waals surface area contributed by atoms with E-state index in [0.717, 1.165) is 25.0 Å². The molecule has 1 aliphatic heterocycles. The summed E-state index contributed by atoms with van der Waals surface area (Å²) >= 11 is 0. The van der Waals surface area contributed by atoms with E-state index < -0.39 is 23.7 Å². The number of hydrogen-bond donors (Lipinski definition) is 1. The zero-order valence-electron chi connectivity index (χ0n) is 20.1. The Balaban J connectivity index is 1.35. The lowest BCUT2D eigenvalue weighted by molar-refractivity contribution is -0.00627. The fraction of sp³-hybridized carbons (Fsp3) is 0.500. The van der Waals surface area contributed by atoms with Crippen LogP contribution in [0.2, 0.25) is 0 Å². The van der Waals surface area contributed by atoms with E-state index in [1.54, 1.807) is 24.5 Å². The van der Waals surface area contributed by atoms with Gasteiger partial charge in [0.15, 0.2) is 0 Å². The first kappa shape index (κ1) is 22.3. The number of rotatable bonds is 6. The number of fused-ring (bicyclic) bond motifs is 3. The Kier molecular flexibility index (Phi) is 4.87. The quantitative estimate of drug-likeness (QED) is 0.576. The van der Waals surface area contributed by atoms with E-state index in [9.17, 15) is 14.0 Å². The van der Waals surface area contributed by atoms with Gasteiger partial charge in [0.2, 0.25) is 0 Å². The maximum Gasteiger partial charge on any atom is 0.274 e. The highest BCUT2D eigenvalue weighted by Gasteiger charge is 2.55. The number of amides is 1. The van der Waals surface area contributed by atoms with Gasteiger partial charge in [0.1, 0.15) is 23.3 Å². The standard InChI is InChI=1S/C26H29FN4O4/c1-15(2)35-20-10-22-29-21(26-7-6-25(3,13-26)34-14-26)12-30(22)11-16(20)23(32)28-18-5-4-8-31(24(18)33)19-9-17(19)27/h4-5,8,10-12,15,17,19H,6-7,9,13-14H2,1-3H3,(H,28,32)/t17-,19-,25+,26+/m0/s1. The molecule has 1 saturated heterocycles. The molecule has 184 valence electrons. The SMILES string of the molecule is CC(C)Oc1cc2nc([C@]34CC[C@](C)(C3)OC4)cn2cc1C(=O)Nc1cccn([C@H]2C[C@@H]2F)c1=O. The molecule has 4 heterocycles. The Labute approximate surface area is 202 Å². The highest BCUT2D eigenvalue weighted by atomic mass is 19.1. The average Bonchev–Trinajstić information content (AvgIpc) is 3.12. The maximum absolute atomic E-state index is 13.5. The molecule has 1 amide bonds. The third-order valence-electron chi connectivity index (χ3n) is 7.51. The third kappa shape index (κ3) is 3.73. The van der Waals surface area contributed by atoms with E-state index in [2.05, 4.69) is 12.2 Å². The van der Waals surface area contributed by atoms with Crippen molar-refractivity contribution in [3.63, 3.8) is 0 Å². The number of pyridine rings is 2. The van der Waals surface area contributed by atoms with Crippen molar-refractivity contribution in [3.8, 4) is 5.75 Å². The number of aromatic nitrogens is 3. The first-order valence-corrected chi connectivity index (χ1v) is 12.2. The van der Waals surface area contributed by atoms with E-state index in [-0.39, 0.29) is 28.4 Å². The second-order valence-corrected chi connectivity index (χ2v) is 10.7. The summed E-state index contributed by atoms with van der Waals surface area (Å²) in [5, 5.41) is 2.71. The van der Waals surface area contributed by atoms with Crippen molar-refractivity contribution in [3.05, 3.63) is 58.4 Å². The number of hydrogen-bond acceptors (Lipinski definition) is 5. The van der Waals surface area contributed by atoms with Crippen molar-refractivity contribution in [1.82, 2.24) is 14.0 Å². The molecule has 35 heavy (non-hydrogen) atoms.